The lowest BCUT2D eigenvalue weighted by atomic mass is 10.1. The number of rotatable bonds is 2. The van der Waals surface area contributed by atoms with Crippen LogP contribution in [0.2, 0.25) is 0 Å². The molecule has 0 unspecified atom stereocenters. The molecule has 0 saturated heterocycles. The Hall–Kier alpha value is -3.10. The van der Waals surface area contributed by atoms with Gasteiger partial charge in [0.05, 0.1) is 9.85 Å². The fourth-order valence-corrected chi connectivity index (χ4v) is 1.54. The van der Waals surface area contributed by atoms with E-state index in [-0.39, 0.29) is 5.69 Å². The molecule has 110 valence electrons. The summed E-state index contributed by atoms with van der Waals surface area (Å²) in [4.78, 5) is 19.8. The van der Waals surface area contributed by atoms with Gasteiger partial charge in [0.1, 0.15) is 0 Å². The van der Waals surface area contributed by atoms with E-state index >= 15 is 0 Å². The Kier molecular flexibility index (Phi) is 5.24. The molecule has 1 heterocycles. The molecule has 2 aromatic rings. The fourth-order valence-electron chi connectivity index (χ4n) is 1.54. The molecule has 0 aliphatic carbocycles. The molecule has 0 aliphatic rings. The zero-order valence-electron chi connectivity index (χ0n) is 11.4. The number of nitrogen functional groups attached to an aromatic ring is 1. The van der Waals surface area contributed by atoms with Crippen LogP contribution < -0.4 is 5.73 Å². The van der Waals surface area contributed by atoms with Crippen LogP contribution in [-0.4, -0.2) is 20.0 Å². The van der Waals surface area contributed by atoms with Crippen molar-refractivity contribution in [1.29, 1.82) is 0 Å². The van der Waals surface area contributed by atoms with Crippen molar-refractivity contribution in [1.82, 2.24) is 10.2 Å². The van der Waals surface area contributed by atoms with Gasteiger partial charge in [0.2, 0.25) is 0 Å². The number of benzene rings is 1. The largest absolute Gasteiger partial charge is 0.387 e. The summed E-state index contributed by atoms with van der Waals surface area (Å²) in [6.07, 6.45) is 3.28. The van der Waals surface area contributed by atoms with E-state index in [0.29, 0.717) is 11.1 Å². The van der Waals surface area contributed by atoms with Crippen molar-refractivity contribution in [3.05, 3.63) is 61.9 Å². The van der Waals surface area contributed by atoms with Crippen LogP contribution in [0, 0.1) is 34.1 Å². The van der Waals surface area contributed by atoms with Crippen LogP contribution in [0.5, 0.6) is 0 Å². The van der Waals surface area contributed by atoms with E-state index in [9.17, 15) is 20.2 Å². The van der Waals surface area contributed by atoms with Crippen molar-refractivity contribution < 1.29 is 9.85 Å². The average molecular weight is 291 g/mol. The number of hydrogen-bond donors (Lipinski definition) is 1. The molecule has 1 aromatic heterocycles. The molecule has 1 aromatic carbocycles. The van der Waals surface area contributed by atoms with Gasteiger partial charge in [-0.25, -0.2) is 0 Å². The van der Waals surface area contributed by atoms with Crippen molar-refractivity contribution in [3.8, 4) is 0 Å². The van der Waals surface area contributed by atoms with Crippen molar-refractivity contribution in [3.63, 3.8) is 0 Å². The van der Waals surface area contributed by atoms with Crippen LogP contribution in [-0.2, 0) is 0 Å². The Labute approximate surface area is 119 Å². The molecule has 21 heavy (non-hydrogen) atoms. The van der Waals surface area contributed by atoms with Crippen molar-refractivity contribution in [2.24, 2.45) is 0 Å². The molecule has 0 bridgehead atoms. The number of hydrogen-bond acceptors (Lipinski definition) is 7. The minimum atomic E-state index is -0.727. The summed E-state index contributed by atoms with van der Waals surface area (Å²) in [5.74, 6) is 0. The van der Waals surface area contributed by atoms with E-state index in [1.165, 1.54) is 13.0 Å². The standard InChI is InChI=1S/C8H9N3O4.C4H4N2/c1-4-3-6(10(12)13)7(9)8(5(4)2)11(14)15;1-2-4-6-5-3-1/h3H,9H2,1-2H3;1-4H. The smallest absolute Gasteiger partial charge is 0.302 e. The Morgan fingerprint density at radius 3 is 1.90 bits per heavy atom. The van der Waals surface area contributed by atoms with E-state index in [2.05, 4.69) is 10.2 Å². The predicted molar refractivity (Wildman–Crippen MR) is 75.7 cm³/mol. The second-order valence-electron chi connectivity index (χ2n) is 4.03. The molecule has 9 nitrogen and oxygen atoms in total. The Balaban J connectivity index is 0.000000304. The number of aromatic nitrogens is 2. The van der Waals surface area contributed by atoms with Gasteiger partial charge in [0.15, 0.2) is 5.69 Å². The molecule has 0 radical (unpaired) electrons. The highest BCUT2D eigenvalue weighted by Crippen LogP contribution is 2.36. The number of nitro benzene ring substituents is 2. The number of anilines is 1. The molecule has 2 rings (SSSR count). The first-order chi connectivity index (χ1) is 9.86. The number of nitrogens with zero attached hydrogens (tertiary/aromatic N) is 4. The van der Waals surface area contributed by atoms with E-state index in [1.807, 2.05) is 12.1 Å². The zero-order chi connectivity index (χ0) is 16.0. The third kappa shape index (κ3) is 3.93. The Bertz CT molecular complexity index is 634. The molecular formula is C12H13N5O4. The lowest BCUT2D eigenvalue weighted by Crippen LogP contribution is -2.04. The summed E-state index contributed by atoms with van der Waals surface area (Å²) < 4.78 is 0. The van der Waals surface area contributed by atoms with Gasteiger partial charge < -0.3 is 5.73 Å². The highest BCUT2D eigenvalue weighted by Gasteiger charge is 2.26. The van der Waals surface area contributed by atoms with Gasteiger partial charge in [-0.15, -0.1) is 0 Å². The molecule has 0 spiro atoms. The van der Waals surface area contributed by atoms with Crippen LogP contribution in [0.25, 0.3) is 0 Å². The van der Waals surface area contributed by atoms with E-state index in [0.717, 1.165) is 0 Å². The Morgan fingerprint density at radius 2 is 1.57 bits per heavy atom. The van der Waals surface area contributed by atoms with E-state index in [4.69, 9.17) is 5.73 Å². The van der Waals surface area contributed by atoms with Gasteiger partial charge in [-0.1, -0.05) is 0 Å². The van der Waals surface area contributed by atoms with E-state index in [1.54, 1.807) is 19.3 Å². The Morgan fingerprint density at radius 1 is 1.05 bits per heavy atom. The van der Waals surface area contributed by atoms with Crippen molar-refractivity contribution in [2.45, 2.75) is 13.8 Å². The highest BCUT2D eigenvalue weighted by atomic mass is 16.6. The summed E-state index contributed by atoms with van der Waals surface area (Å²) in [6.45, 7) is 3.07. The third-order valence-corrected chi connectivity index (χ3v) is 2.69. The molecule has 0 saturated carbocycles. The summed E-state index contributed by atoms with van der Waals surface area (Å²) in [5.41, 5.74) is 4.99. The van der Waals surface area contributed by atoms with Gasteiger partial charge in [-0.3, -0.25) is 20.2 Å². The third-order valence-electron chi connectivity index (χ3n) is 2.69. The van der Waals surface area contributed by atoms with Crippen LogP contribution in [0.3, 0.4) is 0 Å². The van der Waals surface area contributed by atoms with Crippen LogP contribution in [0.4, 0.5) is 17.1 Å². The van der Waals surface area contributed by atoms with Crippen molar-refractivity contribution in [2.75, 3.05) is 5.73 Å². The van der Waals surface area contributed by atoms with Gasteiger partial charge in [0.25, 0.3) is 5.69 Å². The fraction of sp³-hybridized carbons (Fsp3) is 0.167. The quantitative estimate of drug-likeness (QED) is 0.508. The van der Waals surface area contributed by atoms with Crippen LogP contribution in [0.15, 0.2) is 30.6 Å². The summed E-state index contributed by atoms with van der Waals surface area (Å²) in [6, 6.07) is 4.89. The zero-order valence-corrected chi connectivity index (χ0v) is 11.4. The molecular weight excluding hydrogens is 278 g/mol. The van der Waals surface area contributed by atoms with Gasteiger partial charge in [-0.2, -0.15) is 10.2 Å². The SMILES string of the molecule is Cc1cc([N+](=O)[O-])c(N)c([N+](=O)[O-])c1C.c1ccnnc1. The second kappa shape index (κ2) is 6.89. The topological polar surface area (TPSA) is 138 Å². The van der Waals surface area contributed by atoms with Crippen molar-refractivity contribution >= 4 is 17.1 Å². The lowest BCUT2D eigenvalue weighted by Gasteiger charge is -2.04. The molecule has 0 amide bonds. The highest BCUT2D eigenvalue weighted by molar-refractivity contribution is 5.75. The molecule has 2 N–H and O–H groups in total. The monoisotopic (exact) mass is 291 g/mol. The number of nitrogens with two attached hydrogens (primary N) is 1. The first kappa shape index (κ1) is 16.0. The maximum atomic E-state index is 10.7. The minimum absolute atomic E-state index is 0.350. The summed E-state index contributed by atoms with van der Waals surface area (Å²) >= 11 is 0. The summed E-state index contributed by atoms with van der Waals surface area (Å²) in [7, 11) is 0. The van der Waals surface area contributed by atoms with Gasteiger partial charge >= 0.3 is 5.69 Å². The maximum absolute atomic E-state index is 10.7. The number of aryl methyl sites for hydroxylation is 1. The minimum Gasteiger partial charge on any atom is -0.387 e. The maximum Gasteiger partial charge on any atom is 0.302 e. The first-order valence-electron chi connectivity index (χ1n) is 5.76. The molecule has 9 heteroatoms. The van der Waals surface area contributed by atoms with E-state index < -0.39 is 21.2 Å². The second-order valence-corrected chi connectivity index (χ2v) is 4.03. The molecule has 0 fully saturated rings. The molecule has 0 aliphatic heterocycles. The van der Waals surface area contributed by atoms with Crippen LogP contribution >= 0.6 is 0 Å². The predicted octanol–water partition coefficient (Wildman–Crippen LogP) is 2.18. The average Bonchev–Trinajstić information content (AvgIpc) is 2.45. The number of nitro groups is 2. The lowest BCUT2D eigenvalue weighted by molar-refractivity contribution is -0.392. The van der Waals surface area contributed by atoms with Gasteiger partial charge in [0, 0.05) is 24.0 Å². The van der Waals surface area contributed by atoms with Crippen LogP contribution in [0.1, 0.15) is 11.1 Å². The summed E-state index contributed by atoms with van der Waals surface area (Å²) in [5, 5.41) is 28.3. The molecule has 0 atom stereocenters. The normalized spacial score (nSPS) is 9.43. The first-order valence-corrected chi connectivity index (χ1v) is 5.76. The van der Waals surface area contributed by atoms with Gasteiger partial charge in [-0.05, 0) is 31.5 Å².